The van der Waals surface area contributed by atoms with Crippen LogP contribution in [-0.2, 0) is 16.1 Å². The molecule has 3 heterocycles. The number of H-pyrrole nitrogens is 1. The molecule has 1 unspecified atom stereocenters. The van der Waals surface area contributed by atoms with Gasteiger partial charge in [0.25, 0.3) is 17.4 Å². The molecule has 5 rings (SSSR count). The fourth-order valence-electron chi connectivity index (χ4n) is 4.16. The van der Waals surface area contributed by atoms with Gasteiger partial charge in [0.05, 0.1) is 0 Å². The van der Waals surface area contributed by atoms with E-state index in [1.54, 1.807) is 48.5 Å². The van der Waals surface area contributed by atoms with Gasteiger partial charge in [0, 0.05) is 29.6 Å². The molecule has 9 heteroatoms. The smallest absolute Gasteiger partial charge is 0.272 e. The maximum atomic E-state index is 12.9. The summed E-state index contributed by atoms with van der Waals surface area (Å²) in [6.07, 6.45) is 0.463. The molecule has 0 aliphatic carbocycles. The topological polar surface area (TPSA) is 128 Å². The van der Waals surface area contributed by atoms with Crippen LogP contribution in [0.5, 0.6) is 0 Å². The monoisotopic (exact) mass is 430 g/mol. The zero-order valence-electron chi connectivity index (χ0n) is 16.8. The number of carbonyl (C=O) groups is 4. The van der Waals surface area contributed by atoms with Crippen LogP contribution in [0.1, 0.15) is 39.3 Å². The number of piperidine rings is 1. The Kier molecular flexibility index (Phi) is 4.58. The zero-order valence-corrected chi connectivity index (χ0v) is 16.8. The average Bonchev–Trinajstić information content (AvgIpc) is 3.09. The average molecular weight is 430 g/mol. The van der Waals surface area contributed by atoms with Crippen LogP contribution in [0.25, 0.3) is 10.8 Å². The second kappa shape index (κ2) is 7.45. The van der Waals surface area contributed by atoms with Crippen molar-refractivity contribution in [3.05, 3.63) is 75.7 Å². The molecule has 1 fully saturated rings. The number of fused-ring (bicyclic) bond motifs is 2. The van der Waals surface area contributed by atoms with E-state index in [1.807, 2.05) is 0 Å². The van der Waals surface area contributed by atoms with Gasteiger partial charge in [0.1, 0.15) is 11.7 Å². The molecule has 0 spiro atoms. The van der Waals surface area contributed by atoms with Crippen molar-refractivity contribution in [2.45, 2.75) is 25.4 Å². The molecule has 0 radical (unpaired) electrons. The molecule has 9 nitrogen and oxygen atoms in total. The fraction of sp³-hybridized carbons (Fsp3) is 0.174. The summed E-state index contributed by atoms with van der Waals surface area (Å²) >= 11 is 0. The summed E-state index contributed by atoms with van der Waals surface area (Å²) < 4.78 is 0. The van der Waals surface area contributed by atoms with Crippen molar-refractivity contribution in [3.63, 3.8) is 0 Å². The Labute approximate surface area is 181 Å². The second-order valence-electron chi connectivity index (χ2n) is 7.83. The van der Waals surface area contributed by atoms with Crippen LogP contribution in [-0.4, -0.2) is 39.6 Å². The lowest BCUT2D eigenvalue weighted by atomic mass is 10.0. The van der Waals surface area contributed by atoms with Gasteiger partial charge in [0.15, 0.2) is 0 Å². The van der Waals surface area contributed by atoms with Crippen LogP contribution in [0.3, 0.4) is 0 Å². The number of amides is 4. The minimum Gasteiger partial charge on any atom is -0.322 e. The van der Waals surface area contributed by atoms with E-state index in [2.05, 4.69) is 15.6 Å². The molecule has 2 aromatic carbocycles. The van der Waals surface area contributed by atoms with Gasteiger partial charge in [-0.25, -0.2) is 0 Å². The lowest BCUT2D eigenvalue weighted by molar-refractivity contribution is -0.136. The fourth-order valence-corrected chi connectivity index (χ4v) is 4.16. The van der Waals surface area contributed by atoms with Gasteiger partial charge >= 0.3 is 0 Å². The molecule has 0 bridgehead atoms. The molecule has 1 atom stereocenters. The number of nitrogens with zero attached hydrogens (tertiary/aromatic N) is 1. The van der Waals surface area contributed by atoms with Gasteiger partial charge in [-0.2, -0.15) is 0 Å². The standard InChI is InChI=1S/C23H18N4O5/c28-19-8-7-18(22(31)26-19)27-11-13-5-6-14(10-16(13)23(27)32)24-21(30)17-9-12-3-1-2-4-15(12)20(29)25-17/h1-6,9-10,18H,7-8,11H2,(H,24,30)(H,25,29)(H,26,28,31). The maximum Gasteiger partial charge on any atom is 0.272 e. The molecule has 4 amide bonds. The van der Waals surface area contributed by atoms with Crippen molar-refractivity contribution in [3.8, 4) is 0 Å². The van der Waals surface area contributed by atoms with E-state index in [4.69, 9.17) is 0 Å². The number of nitrogens with one attached hydrogen (secondary N) is 3. The number of benzene rings is 2. The second-order valence-corrected chi connectivity index (χ2v) is 7.83. The summed E-state index contributed by atoms with van der Waals surface area (Å²) in [6.45, 7) is 0.257. The Hall–Kier alpha value is -4.27. The van der Waals surface area contributed by atoms with Crippen LogP contribution in [0, 0.1) is 0 Å². The lowest BCUT2D eigenvalue weighted by Gasteiger charge is -2.29. The van der Waals surface area contributed by atoms with E-state index < -0.39 is 17.9 Å². The minimum atomic E-state index is -0.701. The predicted molar refractivity (Wildman–Crippen MR) is 115 cm³/mol. The molecule has 160 valence electrons. The predicted octanol–water partition coefficient (Wildman–Crippen LogP) is 1.54. The summed E-state index contributed by atoms with van der Waals surface area (Å²) in [7, 11) is 0. The molecular weight excluding hydrogens is 412 g/mol. The number of hydrogen-bond acceptors (Lipinski definition) is 5. The molecule has 2 aliphatic rings. The first-order valence-electron chi connectivity index (χ1n) is 10.1. The normalized spacial score (nSPS) is 17.9. The van der Waals surface area contributed by atoms with Crippen LogP contribution in [0.2, 0.25) is 0 Å². The number of anilines is 1. The first kappa shape index (κ1) is 19.7. The van der Waals surface area contributed by atoms with E-state index in [9.17, 15) is 24.0 Å². The Morgan fingerprint density at radius 1 is 1.03 bits per heavy atom. The molecule has 1 aromatic heterocycles. The van der Waals surface area contributed by atoms with E-state index >= 15 is 0 Å². The number of carbonyl (C=O) groups excluding carboxylic acids is 4. The van der Waals surface area contributed by atoms with Crippen LogP contribution in [0.15, 0.2) is 53.3 Å². The largest absolute Gasteiger partial charge is 0.322 e. The van der Waals surface area contributed by atoms with Crippen molar-refractivity contribution >= 4 is 40.1 Å². The zero-order chi connectivity index (χ0) is 22.4. The first-order chi connectivity index (χ1) is 15.4. The van der Waals surface area contributed by atoms with Gasteiger partial charge in [0.2, 0.25) is 11.8 Å². The molecule has 2 aliphatic heterocycles. The number of rotatable bonds is 3. The third kappa shape index (κ3) is 3.33. The summed E-state index contributed by atoms with van der Waals surface area (Å²) in [5.41, 5.74) is 1.25. The van der Waals surface area contributed by atoms with E-state index in [-0.39, 0.29) is 42.5 Å². The maximum absolute atomic E-state index is 12.9. The van der Waals surface area contributed by atoms with Crippen molar-refractivity contribution < 1.29 is 19.2 Å². The third-order valence-electron chi connectivity index (χ3n) is 5.78. The van der Waals surface area contributed by atoms with Crippen molar-refractivity contribution in [1.29, 1.82) is 0 Å². The number of aromatic nitrogens is 1. The molecule has 0 saturated carbocycles. The van der Waals surface area contributed by atoms with Gasteiger partial charge in [-0.3, -0.25) is 29.3 Å². The van der Waals surface area contributed by atoms with Crippen LogP contribution in [0.4, 0.5) is 5.69 Å². The molecule has 32 heavy (non-hydrogen) atoms. The highest BCUT2D eigenvalue weighted by atomic mass is 16.2. The SMILES string of the molecule is O=C1CCC(N2Cc3ccc(NC(=O)c4cc5ccccc5c(=O)[nH]4)cc3C2=O)C(=O)N1. The molecular formula is C23H18N4O5. The number of aromatic amines is 1. The van der Waals surface area contributed by atoms with E-state index in [1.165, 1.54) is 4.90 Å². The quantitative estimate of drug-likeness (QED) is 0.543. The van der Waals surface area contributed by atoms with Crippen LogP contribution < -0.4 is 16.2 Å². The Balaban J connectivity index is 1.37. The van der Waals surface area contributed by atoms with Crippen molar-refractivity contribution in [2.24, 2.45) is 0 Å². The van der Waals surface area contributed by atoms with Gasteiger partial charge in [-0.05, 0) is 41.6 Å². The van der Waals surface area contributed by atoms with E-state index in [0.29, 0.717) is 22.0 Å². The summed E-state index contributed by atoms with van der Waals surface area (Å²) in [5, 5.41) is 6.10. The first-order valence-corrected chi connectivity index (χ1v) is 10.1. The van der Waals surface area contributed by atoms with Gasteiger partial charge in [-0.15, -0.1) is 0 Å². The van der Waals surface area contributed by atoms with Gasteiger partial charge in [-0.1, -0.05) is 24.3 Å². The summed E-state index contributed by atoms with van der Waals surface area (Å²) in [4.78, 5) is 65.5. The molecule has 3 N–H and O–H groups in total. The lowest BCUT2D eigenvalue weighted by Crippen LogP contribution is -2.52. The highest BCUT2D eigenvalue weighted by Gasteiger charge is 2.39. The Morgan fingerprint density at radius 2 is 1.84 bits per heavy atom. The highest BCUT2D eigenvalue weighted by molar-refractivity contribution is 6.08. The summed E-state index contributed by atoms with van der Waals surface area (Å²) in [6, 6.07) is 12.8. The number of pyridine rings is 1. The van der Waals surface area contributed by atoms with E-state index in [0.717, 1.165) is 5.56 Å². The highest BCUT2D eigenvalue weighted by Crippen LogP contribution is 2.29. The summed E-state index contributed by atoms with van der Waals surface area (Å²) in [5.74, 6) is -1.66. The minimum absolute atomic E-state index is 0.102. The third-order valence-corrected chi connectivity index (χ3v) is 5.78. The number of imide groups is 1. The number of hydrogen-bond donors (Lipinski definition) is 3. The van der Waals surface area contributed by atoms with Gasteiger partial charge < -0.3 is 15.2 Å². The Bertz CT molecular complexity index is 1380. The molecule has 1 saturated heterocycles. The van der Waals surface area contributed by atoms with Crippen LogP contribution >= 0.6 is 0 Å². The van der Waals surface area contributed by atoms with Crippen molar-refractivity contribution in [1.82, 2.24) is 15.2 Å². The van der Waals surface area contributed by atoms with Crippen molar-refractivity contribution in [2.75, 3.05) is 5.32 Å². The Morgan fingerprint density at radius 3 is 2.66 bits per heavy atom. The molecule has 3 aromatic rings.